The minimum atomic E-state index is -1.26. The minimum absolute atomic E-state index is 0.187. The Kier molecular flexibility index (Phi) is 3.94. The highest BCUT2D eigenvalue weighted by Crippen LogP contribution is 2.37. The van der Waals surface area contributed by atoms with Crippen LogP contribution >= 0.6 is 0 Å². The van der Waals surface area contributed by atoms with Gasteiger partial charge in [-0.15, -0.1) is 0 Å². The van der Waals surface area contributed by atoms with Crippen molar-refractivity contribution in [1.29, 1.82) is 0 Å². The average molecular weight is 329 g/mol. The van der Waals surface area contributed by atoms with Gasteiger partial charge in [0.2, 0.25) is 0 Å². The number of anilines is 1. The van der Waals surface area contributed by atoms with Gasteiger partial charge in [0.25, 0.3) is 0 Å². The van der Waals surface area contributed by atoms with Gasteiger partial charge in [-0.1, -0.05) is 6.08 Å². The number of hydrogen-bond acceptors (Lipinski definition) is 3. The highest BCUT2D eigenvalue weighted by atomic mass is 19.1. The topological polar surface area (TPSA) is 28.5 Å². The number of fused-ring (bicyclic) bond motifs is 1. The van der Waals surface area contributed by atoms with Crippen molar-refractivity contribution in [3.63, 3.8) is 0 Å². The first-order valence-corrected chi connectivity index (χ1v) is 8.56. The molecular weight excluding hydrogens is 308 g/mol. The van der Waals surface area contributed by atoms with Crippen LogP contribution in [0.4, 0.5) is 14.5 Å². The Labute approximate surface area is 140 Å². The standard InChI is InChI=1S/C19H21F2N3/c1-12-5-7-22-10-18(12)24-8-6-16-13(11-24)9-17(23-16)19-14(20)3-2-4-15(19)21/h2-3,5,7,10,13,15-16H,4,6,8-9,11H2,1H3. The van der Waals surface area contributed by atoms with E-state index in [1.165, 1.54) is 11.6 Å². The van der Waals surface area contributed by atoms with Crippen molar-refractivity contribution in [2.45, 2.75) is 38.4 Å². The van der Waals surface area contributed by atoms with Crippen molar-refractivity contribution >= 4 is 11.4 Å². The largest absolute Gasteiger partial charge is 0.370 e. The molecule has 1 saturated heterocycles. The summed E-state index contributed by atoms with van der Waals surface area (Å²) >= 11 is 0. The predicted molar refractivity (Wildman–Crippen MR) is 91.9 cm³/mol. The lowest BCUT2D eigenvalue weighted by atomic mass is 9.88. The van der Waals surface area contributed by atoms with Crippen molar-refractivity contribution in [3.05, 3.63) is 47.6 Å². The number of piperidine rings is 1. The van der Waals surface area contributed by atoms with Crippen molar-refractivity contribution in [3.8, 4) is 0 Å². The highest BCUT2D eigenvalue weighted by Gasteiger charge is 2.38. The van der Waals surface area contributed by atoms with Crippen LogP contribution in [-0.2, 0) is 0 Å². The van der Waals surface area contributed by atoms with E-state index < -0.39 is 12.0 Å². The summed E-state index contributed by atoms with van der Waals surface area (Å²) in [6, 6.07) is 2.20. The number of rotatable bonds is 2. The number of aryl methyl sites for hydroxylation is 1. The molecule has 0 radical (unpaired) electrons. The Morgan fingerprint density at radius 3 is 3.00 bits per heavy atom. The summed E-state index contributed by atoms with van der Waals surface area (Å²) in [5, 5.41) is 0. The predicted octanol–water partition coefficient (Wildman–Crippen LogP) is 3.95. The smallest absolute Gasteiger partial charge is 0.133 e. The van der Waals surface area contributed by atoms with Gasteiger partial charge in [0, 0.05) is 42.9 Å². The van der Waals surface area contributed by atoms with E-state index in [1.807, 2.05) is 12.3 Å². The molecule has 2 aliphatic heterocycles. The maximum Gasteiger partial charge on any atom is 0.133 e. The van der Waals surface area contributed by atoms with Crippen LogP contribution in [0.2, 0.25) is 0 Å². The van der Waals surface area contributed by atoms with Gasteiger partial charge in [-0.3, -0.25) is 9.98 Å². The van der Waals surface area contributed by atoms with Gasteiger partial charge in [0.1, 0.15) is 12.0 Å². The molecule has 1 aliphatic carbocycles. The molecule has 3 unspecified atom stereocenters. The first kappa shape index (κ1) is 15.5. The molecule has 3 aliphatic rings. The van der Waals surface area contributed by atoms with E-state index in [0.29, 0.717) is 18.1 Å². The Morgan fingerprint density at radius 2 is 2.21 bits per heavy atom. The first-order chi connectivity index (χ1) is 11.6. The molecule has 3 heterocycles. The van der Waals surface area contributed by atoms with Gasteiger partial charge in [-0.05, 0) is 37.5 Å². The number of allylic oxidation sites excluding steroid dienone is 4. The number of alkyl halides is 1. The number of nitrogens with zero attached hydrogens (tertiary/aromatic N) is 3. The summed E-state index contributed by atoms with van der Waals surface area (Å²) in [5.74, 6) is -0.127. The molecule has 5 heteroatoms. The molecule has 0 bridgehead atoms. The van der Waals surface area contributed by atoms with E-state index >= 15 is 0 Å². The molecule has 126 valence electrons. The van der Waals surface area contributed by atoms with Gasteiger partial charge in [-0.2, -0.15) is 0 Å². The maximum absolute atomic E-state index is 14.2. The second kappa shape index (κ2) is 6.11. The normalized spacial score (nSPS) is 29.7. The van der Waals surface area contributed by atoms with Crippen molar-refractivity contribution in [2.24, 2.45) is 10.9 Å². The van der Waals surface area contributed by atoms with Crippen molar-refractivity contribution in [1.82, 2.24) is 4.98 Å². The Balaban J connectivity index is 1.53. The lowest BCUT2D eigenvalue weighted by molar-refractivity contribution is 0.379. The van der Waals surface area contributed by atoms with E-state index in [-0.39, 0.29) is 18.0 Å². The molecule has 3 nitrogen and oxygen atoms in total. The highest BCUT2D eigenvalue weighted by molar-refractivity contribution is 6.03. The summed E-state index contributed by atoms with van der Waals surface area (Å²) in [6.45, 7) is 3.86. The van der Waals surface area contributed by atoms with Crippen LogP contribution in [0.5, 0.6) is 0 Å². The van der Waals surface area contributed by atoms with E-state index in [1.54, 1.807) is 12.3 Å². The second-order valence-electron chi connectivity index (χ2n) is 6.87. The monoisotopic (exact) mass is 329 g/mol. The summed E-state index contributed by atoms with van der Waals surface area (Å²) in [4.78, 5) is 11.3. The fraction of sp³-hybridized carbons (Fsp3) is 0.474. The lowest BCUT2D eigenvalue weighted by Crippen LogP contribution is -2.41. The Hall–Kier alpha value is -2.04. The van der Waals surface area contributed by atoms with Crippen LogP contribution in [-0.4, -0.2) is 36.0 Å². The fourth-order valence-corrected chi connectivity index (χ4v) is 4.04. The zero-order valence-electron chi connectivity index (χ0n) is 13.8. The molecular formula is C19H21F2N3. The summed E-state index contributed by atoms with van der Waals surface area (Å²) in [6.07, 6.45) is 7.21. The zero-order chi connectivity index (χ0) is 16.7. The van der Waals surface area contributed by atoms with E-state index in [9.17, 15) is 8.78 Å². The quantitative estimate of drug-likeness (QED) is 0.822. The Morgan fingerprint density at radius 1 is 1.33 bits per heavy atom. The van der Waals surface area contributed by atoms with Crippen molar-refractivity contribution < 1.29 is 8.78 Å². The second-order valence-corrected chi connectivity index (χ2v) is 6.87. The molecule has 0 spiro atoms. The molecule has 1 aromatic rings. The molecule has 1 fully saturated rings. The SMILES string of the molecule is Cc1ccncc1N1CCC2N=C(C3=C(F)C=CCC3F)CC2C1. The van der Waals surface area contributed by atoms with Gasteiger partial charge < -0.3 is 4.90 Å². The van der Waals surface area contributed by atoms with Crippen LogP contribution in [0, 0.1) is 12.8 Å². The molecule has 0 N–H and O–H groups in total. The van der Waals surface area contributed by atoms with Crippen LogP contribution < -0.4 is 4.90 Å². The maximum atomic E-state index is 14.2. The average Bonchev–Trinajstić information content (AvgIpc) is 2.97. The zero-order valence-corrected chi connectivity index (χ0v) is 13.8. The van der Waals surface area contributed by atoms with E-state index in [2.05, 4.69) is 21.8 Å². The lowest BCUT2D eigenvalue weighted by Gasteiger charge is -2.36. The molecule has 0 saturated carbocycles. The van der Waals surface area contributed by atoms with E-state index in [4.69, 9.17) is 0 Å². The molecule has 24 heavy (non-hydrogen) atoms. The summed E-state index contributed by atoms with van der Waals surface area (Å²) in [5.41, 5.74) is 3.19. The van der Waals surface area contributed by atoms with Gasteiger partial charge in [0.15, 0.2) is 0 Å². The summed E-state index contributed by atoms with van der Waals surface area (Å²) in [7, 11) is 0. The summed E-state index contributed by atoms with van der Waals surface area (Å²) < 4.78 is 28.2. The Bertz CT molecular complexity index is 738. The third-order valence-electron chi connectivity index (χ3n) is 5.31. The fourth-order valence-electron chi connectivity index (χ4n) is 4.04. The first-order valence-electron chi connectivity index (χ1n) is 8.56. The third-order valence-corrected chi connectivity index (χ3v) is 5.31. The molecule has 4 rings (SSSR count). The number of hydrogen-bond donors (Lipinski definition) is 0. The number of aliphatic imine (C=N–C) groups is 1. The van der Waals surface area contributed by atoms with Crippen LogP contribution in [0.25, 0.3) is 0 Å². The van der Waals surface area contributed by atoms with Crippen LogP contribution in [0.15, 0.2) is 47.0 Å². The number of aromatic nitrogens is 1. The molecule has 1 aromatic heterocycles. The van der Waals surface area contributed by atoms with Crippen LogP contribution in [0.3, 0.4) is 0 Å². The molecule has 0 amide bonds. The molecule has 3 atom stereocenters. The molecule has 0 aromatic carbocycles. The number of pyridine rings is 1. The third kappa shape index (κ3) is 2.66. The van der Waals surface area contributed by atoms with Crippen LogP contribution in [0.1, 0.15) is 24.8 Å². The number of halogens is 2. The van der Waals surface area contributed by atoms with E-state index in [0.717, 1.165) is 25.2 Å². The van der Waals surface area contributed by atoms with Gasteiger partial charge in [-0.25, -0.2) is 8.78 Å². The van der Waals surface area contributed by atoms with Crippen molar-refractivity contribution in [2.75, 3.05) is 18.0 Å². The van der Waals surface area contributed by atoms with Gasteiger partial charge >= 0.3 is 0 Å². The van der Waals surface area contributed by atoms with Gasteiger partial charge in [0.05, 0.1) is 17.9 Å². The minimum Gasteiger partial charge on any atom is -0.370 e.